The molecule has 3 heterocycles. The number of aromatic nitrogens is 2. The summed E-state index contributed by atoms with van der Waals surface area (Å²) in [5, 5.41) is 3.15. The van der Waals surface area contributed by atoms with Gasteiger partial charge < -0.3 is 14.6 Å². The van der Waals surface area contributed by atoms with Crippen molar-refractivity contribution in [1.82, 2.24) is 8.97 Å². The van der Waals surface area contributed by atoms with Crippen LogP contribution in [0.2, 0.25) is 0 Å². The molecule has 1 N–H and O–H groups in total. The summed E-state index contributed by atoms with van der Waals surface area (Å²) >= 11 is 0. The highest BCUT2D eigenvalue weighted by Crippen LogP contribution is 2.40. The van der Waals surface area contributed by atoms with E-state index in [0.717, 1.165) is 53.8 Å². The molecule has 0 radical (unpaired) electrons. The maximum absolute atomic E-state index is 14.1. The first kappa shape index (κ1) is 23.2. The van der Waals surface area contributed by atoms with Crippen molar-refractivity contribution in [2.45, 2.75) is 39.7 Å². The van der Waals surface area contributed by atoms with Gasteiger partial charge in [-0.25, -0.2) is 0 Å². The number of nitrogens with zero attached hydrogens (tertiary/aromatic N) is 2. The number of anilines is 1. The van der Waals surface area contributed by atoms with Gasteiger partial charge in [-0.1, -0.05) is 54.6 Å². The number of hydrogen-bond donors (Lipinski definition) is 1. The lowest BCUT2D eigenvalue weighted by Gasteiger charge is -2.12. The standard InChI is InChI=1S/C32H31N3O2/c1-21-15-16-24(18-22(21)2)29-27-14-7-8-17-34-28(23-10-5-4-6-11-23)20-35(32(27)34)30(29)31(36)33-25-12-9-13-26(19-25)37-3/h4-6,9-13,15-16,18-20H,7-8,14,17H2,1-3H3,(H,33,36). The van der Waals surface area contributed by atoms with E-state index in [0.29, 0.717) is 17.1 Å². The van der Waals surface area contributed by atoms with Gasteiger partial charge >= 0.3 is 0 Å². The number of amides is 1. The van der Waals surface area contributed by atoms with E-state index in [-0.39, 0.29) is 5.91 Å². The van der Waals surface area contributed by atoms with Crippen molar-refractivity contribution in [2.75, 3.05) is 12.4 Å². The fraction of sp³-hybridized carbons (Fsp3) is 0.219. The van der Waals surface area contributed by atoms with Gasteiger partial charge in [0.15, 0.2) is 0 Å². The first-order valence-corrected chi connectivity index (χ1v) is 12.9. The molecule has 3 aromatic carbocycles. The Balaban J connectivity index is 1.61. The molecule has 0 fully saturated rings. The Hall–Kier alpha value is -4.25. The summed E-state index contributed by atoms with van der Waals surface area (Å²) < 4.78 is 9.92. The highest BCUT2D eigenvalue weighted by Gasteiger charge is 2.29. The van der Waals surface area contributed by atoms with Crippen LogP contribution in [0.25, 0.3) is 28.0 Å². The minimum Gasteiger partial charge on any atom is -0.497 e. The van der Waals surface area contributed by atoms with Gasteiger partial charge in [-0.2, -0.15) is 0 Å². The third kappa shape index (κ3) is 4.01. The van der Waals surface area contributed by atoms with Gasteiger partial charge in [-0.05, 0) is 67.5 Å². The topological polar surface area (TPSA) is 47.7 Å². The fourth-order valence-corrected chi connectivity index (χ4v) is 5.55. The number of ether oxygens (including phenoxy) is 1. The zero-order valence-corrected chi connectivity index (χ0v) is 21.5. The molecule has 0 atom stereocenters. The Morgan fingerprint density at radius 1 is 0.892 bits per heavy atom. The average molecular weight is 490 g/mol. The van der Waals surface area contributed by atoms with E-state index in [2.05, 4.69) is 76.8 Å². The van der Waals surface area contributed by atoms with Gasteiger partial charge in [0.2, 0.25) is 0 Å². The number of methoxy groups -OCH3 is 1. The molecule has 0 saturated heterocycles. The molecule has 1 amide bonds. The predicted octanol–water partition coefficient (Wildman–Crippen LogP) is 7.29. The van der Waals surface area contributed by atoms with Crippen LogP contribution >= 0.6 is 0 Å². The van der Waals surface area contributed by atoms with Crippen LogP contribution in [0.5, 0.6) is 5.75 Å². The monoisotopic (exact) mass is 489 g/mol. The second kappa shape index (κ2) is 9.32. The third-order valence-corrected chi connectivity index (χ3v) is 7.54. The third-order valence-electron chi connectivity index (χ3n) is 7.54. The van der Waals surface area contributed by atoms with Crippen molar-refractivity contribution in [3.8, 4) is 28.1 Å². The van der Waals surface area contributed by atoms with Crippen LogP contribution in [0.3, 0.4) is 0 Å². The number of carbonyl (C=O) groups is 1. The number of aryl methyl sites for hydroxylation is 4. The first-order valence-electron chi connectivity index (χ1n) is 12.9. The van der Waals surface area contributed by atoms with Crippen LogP contribution in [-0.4, -0.2) is 22.0 Å². The van der Waals surface area contributed by atoms with Crippen LogP contribution in [0.4, 0.5) is 5.69 Å². The van der Waals surface area contributed by atoms with Crippen LogP contribution in [0, 0.1) is 13.8 Å². The lowest BCUT2D eigenvalue weighted by Crippen LogP contribution is -2.15. The summed E-state index contributed by atoms with van der Waals surface area (Å²) in [4.78, 5) is 14.1. The van der Waals surface area contributed by atoms with Crippen molar-refractivity contribution in [2.24, 2.45) is 0 Å². The molecular formula is C32H31N3O2. The minimum absolute atomic E-state index is 0.125. The fourth-order valence-electron chi connectivity index (χ4n) is 5.55. The summed E-state index contributed by atoms with van der Waals surface area (Å²) in [5.41, 5.74) is 10.7. The summed E-state index contributed by atoms with van der Waals surface area (Å²) in [6.45, 7) is 5.19. The molecule has 1 aliphatic rings. The molecule has 5 heteroatoms. The molecule has 0 saturated carbocycles. The number of carbonyl (C=O) groups excluding carboxylic acids is 1. The van der Waals surface area contributed by atoms with Crippen LogP contribution in [0.1, 0.15) is 40.0 Å². The number of hydrogen-bond acceptors (Lipinski definition) is 2. The van der Waals surface area contributed by atoms with Gasteiger partial charge in [0.25, 0.3) is 5.91 Å². The van der Waals surface area contributed by atoms with E-state index in [9.17, 15) is 4.79 Å². The minimum atomic E-state index is -0.125. The molecule has 0 bridgehead atoms. The Morgan fingerprint density at radius 3 is 2.51 bits per heavy atom. The van der Waals surface area contributed by atoms with E-state index in [1.165, 1.54) is 16.7 Å². The normalized spacial score (nSPS) is 12.9. The maximum Gasteiger partial charge on any atom is 0.273 e. The van der Waals surface area contributed by atoms with Crippen LogP contribution < -0.4 is 10.1 Å². The molecule has 5 nitrogen and oxygen atoms in total. The van der Waals surface area contributed by atoms with Gasteiger partial charge in [0.1, 0.15) is 17.1 Å². The summed E-state index contributed by atoms with van der Waals surface area (Å²) in [6, 6.07) is 24.5. The summed E-state index contributed by atoms with van der Waals surface area (Å²) in [6.07, 6.45) is 5.28. The second-order valence-electron chi connectivity index (χ2n) is 9.87. The van der Waals surface area contributed by atoms with Crippen molar-refractivity contribution in [3.63, 3.8) is 0 Å². The van der Waals surface area contributed by atoms with E-state index in [1.54, 1.807) is 7.11 Å². The SMILES string of the molecule is COc1cccc(NC(=O)c2c(-c3ccc(C)c(C)c3)c3c4n(c(-c5ccccc5)cn24)CCCC3)c1. The zero-order chi connectivity index (χ0) is 25.5. The Labute approximate surface area is 217 Å². The molecule has 6 rings (SSSR count). The van der Waals surface area contributed by atoms with E-state index in [4.69, 9.17) is 4.74 Å². The van der Waals surface area contributed by atoms with Gasteiger partial charge in [-0.15, -0.1) is 0 Å². The van der Waals surface area contributed by atoms with Crippen molar-refractivity contribution in [1.29, 1.82) is 0 Å². The molecule has 2 aromatic heterocycles. The van der Waals surface area contributed by atoms with E-state index < -0.39 is 0 Å². The molecule has 186 valence electrons. The maximum atomic E-state index is 14.1. The number of rotatable bonds is 5. The van der Waals surface area contributed by atoms with Gasteiger partial charge in [0, 0.05) is 35.6 Å². The lowest BCUT2D eigenvalue weighted by molar-refractivity contribution is 0.102. The summed E-state index contributed by atoms with van der Waals surface area (Å²) in [7, 11) is 1.63. The van der Waals surface area contributed by atoms with Gasteiger partial charge in [-0.3, -0.25) is 9.20 Å². The summed E-state index contributed by atoms with van der Waals surface area (Å²) in [5.74, 6) is 0.583. The zero-order valence-electron chi connectivity index (χ0n) is 21.5. The first-order chi connectivity index (χ1) is 18.0. The second-order valence-corrected chi connectivity index (χ2v) is 9.87. The number of benzene rings is 3. The highest BCUT2D eigenvalue weighted by atomic mass is 16.5. The lowest BCUT2D eigenvalue weighted by atomic mass is 9.95. The van der Waals surface area contributed by atoms with E-state index >= 15 is 0 Å². The average Bonchev–Trinajstić information content (AvgIpc) is 3.34. The Kier molecular flexibility index (Phi) is 5.84. The highest BCUT2D eigenvalue weighted by molar-refractivity contribution is 6.10. The molecular weight excluding hydrogens is 458 g/mol. The molecule has 5 aromatic rings. The smallest absolute Gasteiger partial charge is 0.273 e. The van der Waals surface area contributed by atoms with E-state index in [1.807, 2.05) is 30.3 Å². The van der Waals surface area contributed by atoms with Crippen LogP contribution in [-0.2, 0) is 13.0 Å². The van der Waals surface area contributed by atoms with Gasteiger partial charge in [0.05, 0.1) is 12.8 Å². The molecule has 0 aliphatic carbocycles. The molecule has 0 spiro atoms. The molecule has 37 heavy (non-hydrogen) atoms. The van der Waals surface area contributed by atoms with Crippen molar-refractivity contribution < 1.29 is 9.53 Å². The number of nitrogens with one attached hydrogen (secondary N) is 1. The Bertz CT molecular complexity index is 1630. The molecule has 1 aliphatic heterocycles. The van der Waals surface area contributed by atoms with Crippen molar-refractivity contribution in [3.05, 3.63) is 101 Å². The Morgan fingerprint density at radius 2 is 1.73 bits per heavy atom. The largest absolute Gasteiger partial charge is 0.497 e. The number of imidazole rings is 1. The quantitative estimate of drug-likeness (QED) is 0.282. The van der Waals surface area contributed by atoms with Crippen molar-refractivity contribution >= 4 is 17.2 Å². The molecule has 0 unspecified atom stereocenters. The predicted molar refractivity (Wildman–Crippen MR) is 150 cm³/mol. The van der Waals surface area contributed by atoms with Crippen LogP contribution in [0.15, 0.2) is 79.0 Å².